The molecule has 1 saturated heterocycles. The minimum atomic E-state index is -0.145. The third kappa shape index (κ3) is 4.40. The van der Waals surface area contributed by atoms with Crippen LogP contribution < -0.4 is 10.3 Å². The zero-order valence-electron chi connectivity index (χ0n) is 19.1. The predicted molar refractivity (Wildman–Crippen MR) is 126 cm³/mol. The molecule has 1 aliphatic rings. The lowest BCUT2D eigenvalue weighted by atomic mass is 10.00. The Kier molecular flexibility index (Phi) is 6.58. The Balaban J connectivity index is 1.80. The van der Waals surface area contributed by atoms with Crippen molar-refractivity contribution < 1.29 is 9.53 Å². The Morgan fingerprint density at radius 1 is 1.06 bits per heavy atom. The maximum atomic E-state index is 13.9. The van der Waals surface area contributed by atoms with Crippen LogP contribution in [0.15, 0.2) is 53.3 Å². The van der Waals surface area contributed by atoms with Gasteiger partial charge in [-0.2, -0.15) is 5.10 Å². The van der Waals surface area contributed by atoms with Gasteiger partial charge in [-0.1, -0.05) is 57.0 Å². The number of methoxy groups -OCH3 is 1. The third-order valence-corrected chi connectivity index (χ3v) is 6.12. The molecule has 32 heavy (non-hydrogen) atoms. The van der Waals surface area contributed by atoms with Crippen LogP contribution in [-0.4, -0.2) is 34.2 Å². The van der Waals surface area contributed by atoms with Gasteiger partial charge in [-0.25, -0.2) is 4.68 Å². The van der Waals surface area contributed by atoms with E-state index in [1.807, 2.05) is 61.2 Å². The summed E-state index contributed by atoms with van der Waals surface area (Å²) in [5.74, 6) is 0.935. The minimum Gasteiger partial charge on any atom is -0.497 e. The summed E-state index contributed by atoms with van der Waals surface area (Å²) in [6, 6.07) is 15.3. The van der Waals surface area contributed by atoms with Gasteiger partial charge in [0.05, 0.1) is 18.5 Å². The molecule has 4 rings (SSSR count). The molecule has 0 spiro atoms. The lowest BCUT2D eigenvalue weighted by Gasteiger charge is -2.31. The Labute approximate surface area is 188 Å². The van der Waals surface area contributed by atoms with Gasteiger partial charge in [0.25, 0.3) is 11.5 Å². The van der Waals surface area contributed by atoms with Crippen molar-refractivity contribution in [1.29, 1.82) is 0 Å². The molecular formula is C26H31N3O3. The number of hydrogen-bond donors (Lipinski definition) is 0. The second-order valence-electron chi connectivity index (χ2n) is 8.91. The van der Waals surface area contributed by atoms with Gasteiger partial charge in [-0.15, -0.1) is 0 Å². The van der Waals surface area contributed by atoms with Crippen LogP contribution in [-0.2, 0) is 6.54 Å². The number of carbonyl (C=O) groups is 1. The van der Waals surface area contributed by atoms with Crippen molar-refractivity contribution in [3.8, 4) is 5.75 Å². The number of carbonyl (C=O) groups excluding carboxylic acids is 1. The highest BCUT2D eigenvalue weighted by Gasteiger charge is 2.30. The zero-order valence-corrected chi connectivity index (χ0v) is 19.1. The van der Waals surface area contributed by atoms with Gasteiger partial charge >= 0.3 is 0 Å². The van der Waals surface area contributed by atoms with Crippen molar-refractivity contribution in [3.63, 3.8) is 0 Å². The lowest BCUT2D eigenvalue weighted by Crippen LogP contribution is -2.37. The van der Waals surface area contributed by atoms with Crippen LogP contribution in [0, 0.1) is 5.92 Å². The van der Waals surface area contributed by atoms with E-state index in [-0.39, 0.29) is 23.4 Å². The number of nitrogens with zero attached hydrogens (tertiary/aromatic N) is 3. The highest BCUT2D eigenvalue weighted by Crippen LogP contribution is 2.32. The summed E-state index contributed by atoms with van der Waals surface area (Å²) in [6.07, 6.45) is 4.03. The zero-order chi connectivity index (χ0) is 22.7. The summed E-state index contributed by atoms with van der Waals surface area (Å²) in [5, 5.41) is 5.76. The van der Waals surface area contributed by atoms with Gasteiger partial charge in [-0.3, -0.25) is 9.59 Å². The van der Waals surface area contributed by atoms with Gasteiger partial charge in [0.2, 0.25) is 0 Å². The molecule has 0 unspecified atom stereocenters. The van der Waals surface area contributed by atoms with Crippen molar-refractivity contribution in [3.05, 3.63) is 70.1 Å². The van der Waals surface area contributed by atoms with Gasteiger partial charge in [-0.05, 0) is 42.5 Å². The fourth-order valence-electron chi connectivity index (χ4n) is 4.52. The Hall–Kier alpha value is -3.15. The first-order valence-electron chi connectivity index (χ1n) is 11.4. The molecule has 1 fully saturated rings. The molecule has 2 aromatic carbocycles. The minimum absolute atomic E-state index is 0.0260. The summed E-state index contributed by atoms with van der Waals surface area (Å²) < 4.78 is 6.76. The standard InChI is InChI=1S/C26H31N3O3/c1-18(2)17-29-25(30)22-10-7-6-9-21(22)24(27-29)26(31)28-16-8-4-5-11-23(28)19-12-14-20(32-3)15-13-19/h6-7,9-10,12-15,18,23H,4-5,8,11,16-17H2,1-3H3/t23-/m0/s1. The van der Waals surface area contributed by atoms with Gasteiger partial charge < -0.3 is 9.64 Å². The van der Waals surface area contributed by atoms with Crippen molar-refractivity contribution in [2.75, 3.05) is 13.7 Å². The number of rotatable bonds is 5. The van der Waals surface area contributed by atoms with Crippen LogP contribution >= 0.6 is 0 Å². The number of likely N-dealkylation sites (tertiary alicyclic amines) is 1. The summed E-state index contributed by atoms with van der Waals surface area (Å²) in [7, 11) is 1.65. The molecule has 2 heterocycles. The average Bonchev–Trinajstić information content (AvgIpc) is 3.06. The van der Waals surface area contributed by atoms with E-state index in [4.69, 9.17) is 4.74 Å². The third-order valence-electron chi connectivity index (χ3n) is 6.12. The van der Waals surface area contributed by atoms with E-state index < -0.39 is 0 Å². The van der Waals surface area contributed by atoms with Crippen molar-refractivity contribution in [2.24, 2.45) is 5.92 Å². The van der Waals surface area contributed by atoms with Crippen molar-refractivity contribution >= 4 is 16.7 Å². The number of ether oxygens (including phenoxy) is 1. The van der Waals surface area contributed by atoms with E-state index in [0.717, 1.165) is 37.0 Å². The van der Waals surface area contributed by atoms with E-state index in [1.165, 1.54) is 4.68 Å². The normalized spacial score (nSPS) is 16.9. The monoisotopic (exact) mass is 433 g/mol. The number of benzene rings is 2. The van der Waals surface area contributed by atoms with Gasteiger partial charge in [0.15, 0.2) is 5.69 Å². The van der Waals surface area contributed by atoms with Crippen LogP contribution in [0.3, 0.4) is 0 Å². The number of amides is 1. The quantitative estimate of drug-likeness (QED) is 0.579. The maximum absolute atomic E-state index is 13.9. The Bertz CT molecular complexity index is 1150. The highest BCUT2D eigenvalue weighted by atomic mass is 16.5. The van der Waals surface area contributed by atoms with Crippen molar-refractivity contribution in [2.45, 2.75) is 52.1 Å². The second-order valence-corrected chi connectivity index (χ2v) is 8.91. The van der Waals surface area contributed by atoms with E-state index >= 15 is 0 Å². The molecule has 3 aromatic rings. The van der Waals surface area contributed by atoms with E-state index in [0.29, 0.717) is 29.6 Å². The smallest absolute Gasteiger partial charge is 0.275 e. The fraction of sp³-hybridized carbons (Fsp3) is 0.423. The Morgan fingerprint density at radius 3 is 2.47 bits per heavy atom. The number of aromatic nitrogens is 2. The van der Waals surface area contributed by atoms with Crippen LogP contribution in [0.5, 0.6) is 5.75 Å². The molecule has 6 nitrogen and oxygen atoms in total. The maximum Gasteiger partial charge on any atom is 0.275 e. The largest absolute Gasteiger partial charge is 0.497 e. The molecule has 6 heteroatoms. The predicted octanol–water partition coefficient (Wildman–Crippen LogP) is 4.82. The van der Waals surface area contributed by atoms with Gasteiger partial charge in [0, 0.05) is 18.5 Å². The number of fused-ring (bicyclic) bond motifs is 1. The summed E-state index contributed by atoms with van der Waals surface area (Å²) >= 11 is 0. The lowest BCUT2D eigenvalue weighted by molar-refractivity contribution is 0.0674. The molecule has 0 aliphatic carbocycles. The summed E-state index contributed by atoms with van der Waals surface area (Å²) in [4.78, 5) is 28.9. The van der Waals surface area contributed by atoms with Gasteiger partial charge in [0.1, 0.15) is 5.75 Å². The molecule has 1 atom stereocenters. The van der Waals surface area contributed by atoms with Crippen LogP contribution in [0.4, 0.5) is 0 Å². The topological polar surface area (TPSA) is 64.4 Å². The average molecular weight is 434 g/mol. The van der Waals surface area contributed by atoms with E-state index in [1.54, 1.807) is 13.2 Å². The van der Waals surface area contributed by atoms with E-state index in [9.17, 15) is 9.59 Å². The van der Waals surface area contributed by atoms with E-state index in [2.05, 4.69) is 5.10 Å². The summed E-state index contributed by atoms with van der Waals surface area (Å²) in [5.41, 5.74) is 1.32. The van der Waals surface area contributed by atoms with Crippen LogP contribution in [0.1, 0.15) is 61.6 Å². The number of hydrogen-bond acceptors (Lipinski definition) is 4. The molecule has 0 N–H and O–H groups in total. The summed E-state index contributed by atoms with van der Waals surface area (Å²) in [6.45, 7) is 5.24. The van der Waals surface area contributed by atoms with Crippen molar-refractivity contribution in [1.82, 2.24) is 14.7 Å². The highest BCUT2D eigenvalue weighted by molar-refractivity contribution is 6.05. The van der Waals surface area contributed by atoms with Crippen LogP contribution in [0.2, 0.25) is 0 Å². The molecule has 0 radical (unpaired) electrons. The first-order chi connectivity index (χ1) is 15.5. The second kappa shape index (κ2) is 9.55. The Morgan fingerprint density at radius 2 is 1.78 bits per heavy atom. The molecule has 1 aromatic heterocycles. The fourth-order valence-corrected chi connectivity index (χ4v) is 4.52. The first kappa shape index (κ1) is 22.1. The SMILES string of the molecule is COc1ccc([C@@H]2CCCCCN2C(=O)c2nn(CC(C)C)c(=O)c3ccccc23)cc1. The van der Waals surface area contributed by atoms with Crippen LogP contribution in [0.25, 0.3) is 10.8 Å². The molecule has 1 amide bonds. The first-order valence-corrected chi connectivity index (χ1v) is 11.4. The molecule has 168 valence electrons. The molecule has 0 saturated carbocycles. The molecular weight excluding hydrogens is 402 g/mol. The molecule has 0 bridgehead atoms. The molecule has 1 aliphatic heterocycles.